The van der Waals surface area contributed by atoms with Gasteiger partial charge in [-0.3, -0.25) is 0 Å². The number of para-hydroxylation sites is 3. The molecule has 71 heavy (non-hydrogen) atoms. The van der Waals surface area contributed by atoms with Gasteiger partial charge in [0.2, 0.25) is 0 Å². The minimum atomic E-state index is -0.233. The number of aromatic nitrogens is 5. The van der Waals surface area contributed by atoms with Crippen molar-refractivity contribution in [2.45, 2.75) is 105 Å². The van der Waals surface area contributed by atoms with Crippen molar-refractivity contribution in [1.29, 1.82) is 0 Å². The van der Waals surface area contributed by atoms with E-state index in [-0.39, 0.29) is 42.7 Å². The molecule has 1 aliphatic rings. The van der Waals surface area contributed by atoms with Crippen LogP contribution in [-0.2, 0) is 42.7 Å². The summed E-state index contributed by atoms with van der Waals surface area (Å²) in [6.07, 6.45) is 1.90. The molecule has 1 aliphatic heterocycles. The summed E-state index contributed by atoms with van der Waals surface area (Å²) in [5, 5.41) is 2.00. The Morgan fingerprint density at radius 3 is 1.68 bits per heavy atom. The fraction of sp³-hybridized carbons (Fsp3) is 0.274. The number of hydrogen-bond donors (Lipinski definition) is 0. The number of hydrogen-bond acceptors (Lipinski definition) is 5. The zero-order valence-corrected chi connectivity index (χ0v) is 45.3. The van der Waals surface area contributed by atoms with Crippen molar-refractivity contribution < 1.29 is 30.4 Å². The zero-order valence-electron chi connectivity index (χ0n) is 43.1. The summed E-state index contributed by atoms with van der Waals surface area (Å²) in [6, 6.07) is 55.6. The quantitative estimate of drug-likeness (QED) is 0.117. The average molecular weight is 1120 g/mol. The molecule has 0 saturated carbocycles. The van der Waals surface area contributed by atoms with E-state index in [1.54, 1.807) is 0 Å². The first-order chi connectivity index (χ1) is 33.1. The second-order valence-electron chi connectivity index (χ2n) is 22.7. The van der Waals surface area contributed by atoms with Crippen molar-refractivity contribution in [3.8, 4) is 51.5 Å². The smallest absolute Gasteiger partial charge is 0.508 e. The third kappa shape index (κ3) is 9.56. The summed E-state index contributed by atoms with van der Waals surface area (Å²) >= 11 is 0. The minimum absolute atomic E-state index is 0. The number of benzene rings is 6. The van der Waals surface area contributed by atoms with Gasteiger partial charge in [-0.25, -0.2) is 19.9 Å². The van der Waals surface area contributed by atoms with Crippen LogP contribution in [0.2, 0.25) is 0 Å². The fourth-order valence-corrected chi connectivity index (χ4v) is 9.03. The molecule has 358 valence electrons. The van der Waals surface area contributed by atoms with Crippen molar-refractivity contribution in [3.05, 3.63) is 168 Å². The molecule has 9 aromatic rings. The molecule has 0 N–H and O–H groups in total. The van der Waals surface area contributed by atoms with E-state index in [1.807, 2.05) is 30.0 Å². The molecule has 0 unspecified atom stereocenters. The van der Waals surface area contributed by atoms with Crippen LogP contribution >= 0.6 is 0 Å². The monoisotopic (exact) mass is 1110 g/mol. The van der Waals surface area contributed by atoms with E-state index in [2.05, 4.69) is 226 Å². The molecule has 3 aromatic heterocycles. The molecule has 0 bridgehead atoms. The second kappa shape index (κ2) is 18.1. The van der Waals surface area contributed by atoms with Crippen molar-refractivity contribution in [2.24, 2.45) is 0 Å². The average Bonchev–Trinajstić information content (AvgIpc) is 3.84. The Hall–Kier alpha value is -6.85. The van der Waals surface area contributed by atoms with Crippen molar-refractivity contribution in [3.63, 3.8) is 0 Å². The summed E-state index contributed by atoms with van der Waals surface area (Å²) < 4.78 is 13.5. The van der Waals surface area contributed by atoms with Gasteiger partial charge in [0.1, 0.15) is 17.3 Å². The van der Waals surface area contributed by atoms with Gasteiger partial charge in [0.25, 0.3) is 11.4 Å². The summed E-state index contributed by atoms with van der Waals surface area (Å²) in [5.74, 6) is 3.34. The van der Waals surface area contributed by atoms with Crippen LogP contribution in [0.5, 0.6) is 11.5 Å². The Morgan fingerprint density at radius 2 is 1.08 bits per heavy atom. The number of rotatable bonds is 7. The normalized spacial score (nSPS) is 13.0. The predicted molar refractivity (Wildman–Crippen MR) is 286 cm³/mol. The molecule has 0 radical (unpaired) electrons. The molecule has 4 heterocycles. The first-order valence-corrected chi connectivity index (χ1v) is 24.2. The van der Waals surface area contributed by atoms with E-state index in [4.69, 9.17) is 24.7 Å². The van der Waals surface area contributed by atoms with Crippen LogP contribution in [-0.4, -0.2) is 42.1 Å². The van der Waals surface area contributed by atoms with E-state index in [9.17, 15) is 0 Å². The van der Waals surface area contributed by atoms with Crippen LogP contribution in [0.25, 0.3) is 61.8 Å². The summed E-state index contributed by atoms with van der Waals surface area (Å²) in [7, 11) is 2.01. The van der Waals surface area contributed by atoms with Gasteiger partial charge in [0, 0.05) is 46.5 Å². The van der Waals surface area contributed by atoms with E-state index >= 15 is 0 Å². The van der Waals surface area contributed by atoms with Gasteiger partial charge in [-0.05, 0) is 67.5 Å². The largest absolute Gasteiger partial charge is 2.00 e. The molecule has 0 amide bonds. The van der Waals surface area contributed by atoms with Crippen LogP contribution in [0.15, 0.2) is 134 Å². The first-order valence-electron chi connectivity index (χ1n) is 24.2. The molecular weight excluding hydrogens is 1050 g/mol. The number of fused-ring (bicyclic) bond motifs is 4. The number of ether oxygens (including phenoxy) is 1. The van der Waals surface area contributed by atoms with Crippen LogP contribution in [0.1, 0.15) is 105 Å². The Balaban J connectivity index is 0.00000624. The van der Waals surface area contributed by atoms with Gasteiger partial charge in [0.05, 0.1) is 0 Å². The molecule has 0 aliphatic carbocycles. The molecule has 10 rings (SSSR count). The maximum absolute atomic E-state index is 7.27. The van der Waals surface area contributed by atoms with Crippen LogP contribution < -0.4 is 9.31 Å². The molecule has 8 nitrogen and oxygen atoms in total. The van der Waals surface area contributed by atoms with Gasteiger partial charge < -0.3 is 9.30 Å². The zero-order chi connectivity index (χ0) is 49.5. The second-order valence-corrected chi connectivity index (χ2v) is 22.7. The van der Waals surface area contributed by atoms with Gasteiger partial charge in [-0.2, -0.15) is 0 Å². The number of nitrogens with zero attached hydrogens (tertiary/aromatic N) is 7. The SMILES string of the molecule is C[N+]1=C=[N+](c2[c-]c(Oc3[c-]c4c(cc3-c3nc(-c5ccc(C(C)(C)C)cc5)nc(-c5ccc(C(C)(C)C)cc5)n3)c3ccccc3n4-c3cc(C(C)(C)C)ccn3)cc(C(C)(C)C)c2)c2ccccc21.[Pt+2]. The molecule has 0 saturated heterocycles. The minimum Gasteiger partial charge on any atom is -0.508 e. The summed E-state index contributed by atoms with van der Waals surface area (Å²) in [5.41, 5.74) is 11.5. The molecular formula is C62H61N7OPt+2. The first kappa shape index (κ1) is 49.1. The molecule has 9 heteroatoms. The van der Waals surface area contributed by atoms with Gasteiger partial charge in [-0.1, -0.05) is 189 Å². The Morgan fingerprint density at radius 1 is 0.535 bits per heavy atom. The topological polar surface area (TPSA) is 71.7 Å². The standard InChI is InChI=1S/C62H61N7O.Pt/c1-59(2,3)41-26-22-39(23-27-41)56-64-57(40-24-28-42(29-25-40)60(4,5)6)66-58(65-56)49-36-48-47-18-14-15-19-50(47)69(55-34-43(30-31-63-55)61(7,8)9)53(48)37-54(49)70-46-33-44(62(10,11)12)32-45(35-46)68-38-67(13)51-20-16-17-21-52(51)68;/h14-34,36H,1-13H3;/q;+2. The van der Waals surface area contributed by atoms with Crippen LogP contribution in [0.4, 0.5) is 17.1 Å². The Labute approximate surface area is 433 Å². The van der Waals surface area contributed by atoms with Gasteiger partial charge in [-0.15, -0.1) is 29.1 Å². The Bertz CT molecular complexity index is 3510. The van der Waals surface area contributed by atoms with E-state index in [0.29, 0.717) is 34.5 Å². The van der Waals surface area contributed by atoms with Crippen LogP contribution in [0, 0.1) is 12.1 Å². The molecule has 0 spiro atoms. The fourth-order valence-electron chi connectivity index (χ4n) is 9.03. The van der Waals surface area contributed by atoms with Gasteiger partial charge in [0.15, 0.2) is 18.7 Å². The molecule has 0 fully saturated rings. The van der Waals surface area contributed by atoms with Gasteiger partial charge >= 0.3 is 27.1 Å². The van der Waals surface area contributed by atoms with E-state index in [0.717, 1.165) is 61.4 Å². The maximum Gasteiger partial charge on any atom is 2.00 e. The number of pyridine rings is 1. The maximum atomic E-state index is 7.27. The molecule has 6 aromatic carbocycles. The molecule has 0 atom stereocenters. The van der Waals surface area contributed by atoms with E-state index < -0.39 is 0 Å². The third-order valence-electron chi connectivity index (χ3n) is 13.3. The van der Waals surface area contributed by atoms with Crippen molar-refractivity contribution in [2.75, 3.05) is 7.05 Å². The predicted octanol–water partition coefficient (Wildman–Crippen LogP) is 15.2. The van der Waals surface area contributed by atoms with E-state index in [1.165, 1.54) is 16.7 Å². The summed E-state index contributed by atoms with van der Waals surface area (Å²) in [4.78, 5) is 20.9. The van der Waals surface area contributed by atoms with Crippen LogP contribution in [0.3, 0.4) is 0 Å². The Kier molecular flexibility index (Phi) is 12.5. The van der Waals surface area contributed by atoms with Crippen molar-refractivity contribution in [1.82, 2.24) is 29.1 Å². The summed E-state index contributed by atoms with van der Waals surface area (Å²) in [6.45, 7) is 26.7. The van der Waals surface area contributed by atoms with Crippen molar-refractivity contribution >= 4 is 44.9 Å². The third-order valence-corrected chi connectivity index (χ3v) is 13.3.